The fourth-order valence-corrected chi connectivity index (χ4v) is 2.22. The summed E-state index contributed by atoms with van der Waals surface area (Å²) in [5, 5.41) is 3.65. The highest BCUT2D eigenvalue weighted by Gasteiger charge is 2.35. The number of nitrogens with two attached hydrogens (primary N) is 1. The lowest BCUT2D eigenvalue weighted by Crippen LogP contribution is -2.56. The zero-order chi connectivity index (χ0) is 9.86. The first kappa shape index (κ1) is 10.4. The van der Waals surface area contributed by atoms with Crippen LogP contribution in [0.1, 0.15) is 19.3 Å². The van der Waals surface area contributed by atoms with E-state index in [-0.39, 0.29) is 5.54 Å². The van der Waals surface area contributed by atoms with Gasteiger partial charge in [0.1, 0.15) is 0 Å². The summed E-state index contributed by atoms with van der Waals surface area (Å²) in [7, 11) is 0. The van der Waals surface area contributed by atoms with Gasteiger partial charge >= 0.3 is 0 Å². The van der Waals surface area contributed by atoms with Crippen molar-refractivity contribution < 1.29 is 9.47 Å². The van der Waals surface area contributed by atoms with Crippen molar-refractivity contribution in [2.24, 2.45) is 5.73 Å². The molecule has 2 aliphatic rings. The summed E-state index contributed by atoms with van der Waals surface area (Å²) in [4.78, 5) is 0. The Morgan fingerprint density at radius 2 is 2.00 bits per heavy atom. The minimum absolute atomic E-state index is 0.0437. The van der Waals surface area contributed by atoms with Gasteiger partial charge in [0, 0.05) is 32.4 Å². The fraction of sp³-hybridized carbons (Fsp3) is 1.00. The predicted octanol–water partition coefficient (Wildman–Crippen LogP) is -0.127. The van der Waals surface area contributed by atoms with E-state index in [1.165, 1.54) is 0 Å². The highest BCUT2D eigenvalue weighted by Crippen LogP contribution is 2.20. The number of rotatable bonds is 3. The molecule has 0 spiro atoms. The van der Waals surface area contributed by atoms with Crippen LogP contribution in [-0.2, 0) is 9.47 Å². The summed E-state index contributed by atoms with van der Waals surface area (Å²) in [6, 6.07) is 0.564. The standard InChI is InChI=1S/C10H20N2O2/c11-7-10(3-6-14-8-10)12-9-1-4-13-5-2-9/h9,12H,1-8,11H2. The van der Waals surface area contributed by atoms with Gasteiger partial charge in [0.15, 0.2) is 0 Å². The molecule has 0 radical (unpaired) electrons. The molecule has 2 saturated heterocycles. The van der Waals surface area contributed by atoms with E-state index in [0.717, 1.165) is 45.7 Å². The highest BCUT2D eigenvalue weighted by atomic mass is 16.5. The molecule has 4 nitrogen and oxygen atoms in total. The normalized spacial score (nSPS) is 34.9. The molecule has 14 heavy (non-hydrogen) atoms. The van der Waals surface area contributed by atoms with Crippen molar-refractivity contribution in [2.75, 3.05) is 33.0 Å². The quantitative estimate of drug-likeness (QED) is 0.666. The first-order valence-electron chi connectivity index (χ1n) is 5.48. The van der Waals surface area contributed by atoms with E-state index in [4.69, 9.17) is 15.2 Å². The summed E-state index contributed by atoms with van der Waals surface area (Å²) >= 11 is 0. The lowest BCUT2D eigenvalue weighted by molar-refractivity contribution is 0.0655. The van der Waals surface area contributed by atoms with Gasteiger partial charge in [-0.3, -0.25) is 0 Å². The molecule has 4 heteroatoms. The minimum Gasteiger partial charge on any atom is -0.381 e. The minimum atomic E-state index is 0.0437. The van der Waals surface area contributed by atoms with Gasteiger partial charge in [-0.15, -0.1) is 0 Å². The first-order valence-corrected chi connectivity index (χ1v) is 5.48. The third-order valence-electron chi connectivity index (χ3n) is 3.23. The van der Waals surface area contributed by atoms with E-state index in [0.29, 0.717) is 12.6 Å². The molecule has 2 fully saturated rings. The Bertz CT molecular complexity index is 175. The van der Waals surface area contributed by atoms with Crippen molar-refractivity contribution in [3.8, 4) is 0 Å². The zero-order valence-electron chi connectivity index (χ0n) is 8.63. The maximum atomic E-state index is 5.81. The summed E-state index contributed by atoms with van der Waals surface area (Å²) in [5.41, 5.74) is 5.86. The molecular weight excluding hydrogens is 180 g/mol. The molecular formula is C10H20N2O2. The first-order chi connectivity index (χ1) is 6.85. The second-order valence-corrected chi connectivity index (χ2v) is 4.32. The monoisotopic (exact) mass is 200 g/mol. The molecule has 0 aromatic rings. The molecule has 0 aromatic heterocycles. The van der Waals surface area contributed by atoms with Crippen molar-refractivity contribution in [3.05, 3.63) is 0 Å². The predicted molar refractivity (Wildman–Crippen MR) is 54.2 cm³/mol. The van der Waals surface area contributed by atoms with Gasteiger partial charge in [-0.05, 0) is 19.3 Å². The van der Waals surface area contributed by atoms with Crippen LogP contribution in [0.5, 0.6) is 0 Å². The van der Waals surface area contributed by atoms with E-state index in [1.807, 2.05) is 0 Å². The van der Waals surface area contributed by atoms with Crippen molar-refractivity contribution >= 4 is 0 Å². The average molecular weight is 200 g/mol. The largest absolute Gasteiger partial charge is 0.381 e. The van der Waals surface area contributed by atoms with Gasteiger partial charge in [-0.2, -0.15) is 0 Å². The molecule has 3 N–H and O–H groups in total. The van der Waals surface area contributed by atoms with E-state index in [1.54, 1.807) is 0 Å². The van der Waals surface area contributed by atoms with Crippen LogP contribution in [0.25, 0.3) is 0 Å². The number of ether oxygens (including phenoxy) is 2. The molecule has 0 saturated carbocycles. The smallest absolute Gasteiger partial charge is 0.0661 e. The van der Waals surface area contributed by atoms with Gasteiger partial charge < -0.3 is 20.5 Å². The maximum Gasteiger partial charge on any atom is 0.0661 e. The van der Waals surface area contributed by atoms with Gasteiger partial charge in [-0.1, -0.05) is 0 Å². The van der Waals surface area contributed by atoms with E-state index < -0.39 is 0 Å². The van der Waals surface area contributed by atoms with Gasteiger partial charge in [-0.25, -0.2) is 0 Å². The SMILES string of the molecule is NCC1(NC2CCOCC2)CCOC1. The molecule has 1 unspecified atom stereocenters. The number of nitrogens with one attached hydrogen (secondary N) is 1. The lowest BCUT2D eigenvalue weighted by Gasteiger charge is -2.34. The second kappa shape index (κ2) is 4.57. The van der Waals surface area contributed by atoms with Crippen LogP contribution in [-0.4, -0.2) is 44.6 Å². The maximum absolute atomic E-state index is 5.81. The summed E-state index contributed by atoms with van der Waals surface area (Å²) in [6.45, 7) is 4.02. The van der Waals surface area contributed by atoms with Crippen LogP contribution >= 0.6 is 0 Å². The Balaban J connectivity index is 1.86. The number of hydrogen-bond donors (Lipinski definition) is 2. The molecule has 0 bridgehead atoms. The molecule has 0 amide bonds. The molecule has 2 rings (SSSR count). The molecule has 0 aliphatic carbocycles. The molecule has 2 aliphatic heterocycles. The van der Waals surface area contributed by atoms with E-state index >= 15 is 0 Å². The van der Waals surface area contributed by atoms with Crippen LogP contribution in [0.4, 0.5) is 0 Å². The zero-order valence-corrected chi connectivity index (χ0v) is 8.63. The molecule has 0 aromatic carbocycles. The Hall–Kier alpha value is -0.160. The summed E-state index contributed by atoms with van der Waals surface area (Å²) < 4.78 is 10.7. The Kier molecular flexibility index (Phi) is 3.38. The van der Waals surface area contributed by atoms with E-state index in [2.05, 4.69) is 5.32 Å². The lowest BCUT2D eigenvalue weighted by atomic mass is 9.95. The van der Waals surface area contributed by atoms with Crippen LogP contribution < -0.4 is 11.1 Å². The van der Waals surface area contributed by atoms with E-state index in [9.17, 15) is 0 Å². The van der Waals surface area contributed by atoms with Crippen LogP contribution in [0, 0.1) is 0 Å². The Labute approximate surface area is 85.1 Å². The van der Waals surface area contributed by atoms with Crippen LogP contribution in [0.2, 0.25) is 0 Å². The van der Waals surface area contributed by atoms with Crippen LogP contribution in [0.3, 0.4) is 0 Å². The molecule has 82 valence electrons. The summed E-state index contributed by atoms with van der Waals surface area (Å²) in [6.07, 6.45) is 3.24. The second-order valence-electron chi connectivity index (χ2n) is 4.32. The van der Waals surface area contributed by atoms with Gasteiger partial charge in [0.05, 0.1) is 12.1 Å². The van der Waals surface area contributed by atoms with Crippen molar-refractivity contribution in [1.82, 2.24) is 5.32 Å². The third-order valence-corrected chi connectivity index (χ3v) is 3.23. The van der Waals surface area contributed by atoms with Gasteiger partial charge in [0.25, 0.3) is 0 Å². The molecule has 2 heterocycles. The average Bonchev–Trinajstić information content (AvgIpc) is 2.69. The van der Waals surface area contributed by atoms with Crippen molar-refractivity contribution in [1.29, 1.82) is 0 Å². The van der Waals surface area contributed by atoms with Crippen LogP contribution in [0.15, 0.2) is 0 Å². The van der Waals surface area contributed by atoms with Crippen molar-refractivity contribution in [2.45, 2.75) is 30.8 Å². The molecule has 1 atom stereocenters. The third kappa shape index (κ3) is 2.25. The topological polar surface area (TPSA) is 56.5 Å². The Morgan fingerprint density at radius 3 is 2.57 bits per heavy atom. The van der Waals surface area contributed by atoms with Crippen molar-refractivity contribution in [3.63, 3.8) is 0 Å². The summed E-state index contributed by atoms with van der Waals surface area (Å²) in [5.74, 6) is 0. The Morgan fingerprint density at radius 1 is 1.21 bits per heavy atom. The fourth-order valence-electron chi connectivity index (χ4n) is 2.22. The highest BCUT2D eigenvalue weighted by molar-refractivity contribution is 4.95. The van der Waals surface area contributed by atoms with Gasteiger partial charge in [0.2, 0.25) is 0 Å². The number of hydrogen-bond acceptors (Lipinski definition) is 4.